The van der Waals surface area contributed by atoms with Crippen LogP contribution in [0.25, 0.3) is 0 Å². The van der Waals surface area contributed by atoms with Gasteiger partial charge in [-0.3, -0.25) is 14.4 Å². The maximum absolute atomic E-state index is 12.7. The molecular weight excluding hydrogens is 352 g/mol. The van der Waals surface area contributed by atoms with Gasteiger partial charge in [0.15, 0.2) is 0 Å². The normalized spacial score (nSPS) is 12.9. The molecule has 0 bridgehead atoms. The number of carboxylic acid groups (broad SMARTS) is 1. The number of ether oxygens (including phenoxy) is 2. The second kappa shape index (κ2) is 9.80. The van der Waals surface area contributed by atoms with Crippen molar-refractivity contribution in [2.45, 2.75) is 26.8 Å². The molecule has 0 heterocycles. The van der Waals surface area contributed by atoms with Crippen LogP contribution in [0.15, 0.2) is 18.2 Å². The molecule has 1 rings (SSSR count). The second-order valence-corrected chi connectivity index (χ2v) is 6.75. The lowest BCUT2D eigenvalue weighted by Gasteiger charge is -2.28. The molecule has 2 unspecified atom stereocenters. The van der Waals surface area contributed by atoms with Crippen LogP contribution in [0.1, 0.15) is 31.1 Å². The van der Waals surface area contributed by atoms with E-state index < -0.39 is 23.8 Å². The van der Waals surface area contributed by atoms with E-state index >= 15 is 0 Å². The molecule has 0 saturated heterocycles. The number of amides is 2. The van der Waals surface area contributed by atoms with E-state index in [0.29, 0.717) is 17.1 Å². The lowest BCUT2D eigenvalue weighted by Crippen LogP contribution is -2.51. The summed E-state index contributed by atoms with van der Waals surface area (Å²) in [6, 6.07) is 3.95. The second-order valence-electron chi connectivity index (χ2n) is 6.75. The van der Waals surface area contributed by atoms with E-state index in [4.69, 9.17) is 14.6 Å². The molecule has 0 aliphatic heterocycles. The van der Waals surface area contributed by atoms with Gasteiger partial charge in [-0.05, 0) is 18.1 Å². The first-order chi connectivity index (χ1) is 12.6. The molecule has 0 saturated carbocycles. The highest BCUT2D eigenvalue weighted by atomic mass is 16.5. The first-order valence-corrected chi connectivity index (χ1v) is 8.62. The lowest BCUT2D eigenvalue weighted by atomic mass is 10.0. The number of benzene rings is 1. The first kappa shape index (κ1) is 22.3. The van der Waals surface area contributed by atoms with Gasteiger partial charge < -0.3 is 24.8 Å². The third-order valence-corrected chi connectivity index (χ3v) is 4.18. The zero-order valence-electron chi connectivity index (χ0n) is 16.6. The van der Waals surface area contributed by atoms with E-state index in [1.54, 1.807) is 18.2 Å². The molecule has 0 radical (unpaired) electrons. The SMILES string of the molecule is COc1cc(OC)cc(C(=O)NC(C(=O)N(C)CC(C)C(=O)O)C(C)C)c1. The molecule has 150 valence electrons. The molecule has 8 heteroatoms. The predicted molar refractivity (Wildman–Crippen MR) is 100 cm³/mol. The van der Waals surface area contributed by atoms with Crippen LogP contribution in [0.3, 0.4) is 0 Å². The van der Waals surface area contributed by atoms with Gasteiger partial charge >= 0.3 is 5.97 Å². The van der Waals surface area contributed by atoms with Crippen LogP contribution in [0.4, 0.5) is 0 Å². The van der Waals surface area contributed by atoms with Gasteiger partial charge in [0, 0.05) is 25.2 Å². The molecule has 27 heavy (non-hydrogen) atoms. The number of methoxy groups -OCH3 is 2. The van der Waals surface area contributed by atoms with Crippen molar-refractivity contribution in [3.63, 3.8) is 0 Å². The van der Waals surface area contributed by atoms with Crippen LogP contribution in [0, 0.1) is 11.8 Å². The smallest absolute Gasteiger partial charge is 0.308 e. The van der Waals surface area contributed by atoms with E-state index in [2.05, 4.69) is 5.32 Å². The fraction of sp³-hybridized carbons (Fsp3) is 0.526. The molecule has 2 amide bonds. The number of carbonyl (C=O) groups is 3. The van der Waals surface area contributed by atoms with Crippen molar-refractivity contribution >= 4 is 17.8 Å². The third kappa shape index (κ3) is 6.16. The number of nitrogens with one attached hydrogen (secondary N) is 1. The molecule has 0 aromatic heterocycles. The summed E-state index contributed by atoms with van der Waals surface area (Å²) in [5, 5.41) is 11.8. The molecule has 0 aliphatic carbocycles. The summed E-state index contributed by atoms with van der Waals surface area (Å²) in [6.07, 6.45) is 0. The Kier molecular flexibility index (Phi) is 8.08. The van der Waals surface area contributed by atoms with Gasteiger partial charge in [0.05, 0.1) is 20.1 Å². The van der Waals surface area contributed by atoms with Crippen molar-refractivity contribution in [1.29, 1.82) is 0 Å². The monoisotopic (exact) mass is 380 g/mol. The van der Waals surface area contributed by atoms with Crippen LogP contribution in [-0.4, -0.2) is 61.6 Å². The fourth-order valence-electron chi connectivity index (χ4n) is 2.49. The summed E-state index contributed by atoms with van der Waals surface area (Å²) >= 11 is 0. The standard InChI is InChI=1S/C19H28N2O6/c1-11(2)16(18(23)21(4)10-12(3)19(24)25)20-17(22)13-7-14(26-5)9-15(8-13)27-6/h7-9,11-12,16H,10H2,1-6H3,(H,20,22)(H,24,25). The number of carboxylic acids is 1. The molecule has 0 spiro atoms. The highest BCUT2D eigenvalue weighted by Crippen LogP contribution is 2.22. The minimum absolute atomic E-state index is 0.0558. The molecule has 1 aromatic rings. The van der Waals surface area contributed by atoms with E-state index in [1.807, 2.05) is 13.8 Å². The van der Waals surface area contributed by atoms with Gasteiger partial charge in [0.1, 0.15) is 17.5 Å². The molecule has 0 aliphatic rings. The molecule has 0 fully saturated rings. The van der Waals surface area contributed by atoms with Crippen molar-refractivity contribution in [2.75, 3.05) is 27.8 Å². The highest BCUT2D eigenvalue weighted by Gasteiger charge is 2.29. The van der Waals surface area contributed by atoms with Crippen LogP contribution >= 0.6 is 0 Å². The average Bonchev–Trinajstić information content (AvgIpc) is 2.64. The number of hydrogen-bond donors (Lipinski definition) is 2. The number of nitrogens with zero attached hydrogens (tertiary/aromatic N) is 1. The Morgan fingerprint density at radius 1 is 1.07 bits per heavy atom. The Morgan fingerprint density at radius 3 is 2.00 bits per heavy atom. The summed E-state index contributed by atoms with van der Waals surface area (Å²) in [5.74, 6) is -1.75. The first-order valence-electron chi connectivity index (χ1n) is 8.62. The third-order valence-electron chi connectivity index (χ3n) is 4.18. The molecular formula is C19H28N2O6. The van der Waals surface area contributed by atoms with Gasteiger partial charge in [-0.25, -0.2) is 0 Å². The van der Waals surface area contributed by atoms with Crippen LogP contribution in [0.5, 0.6) is 11.5 Å². The van der Waals surface area contributed by atoms with Gasteiger partial charge in [-0.1, -0.05) is 20.8 Å². The van der Waals surface area contributed by atoms with Crippen LogP contribution in [-0.2, 0) is 9.59 Å². The van der Waals surface area contributed by atoms with Crippen molar-refractivity contribution in [1.82, 2.24) is 10.2 Å². The Labute approximate surface area is 159 Å². The van der Waals surface area contributed by atoms with Gasteiger partial charge in [-0.15, -0.1) is 0 Å². The average molecular weight is 380 g/mol. The molecule has 8 nitrogen and oxygen atoms in total. The van der Waals surface area contributed by atoms with Crippen molar-refractivity contribution in [2.24, 2.45) is 11.8 Å². The van der Waals surface area contributed by atoms with Gasteiger partial charge in [0.2, 0.25) is 5.91 Å². The van der Waals surface area contributed by atoms with Crippen molar-refractivity contribution in [3.05, 3.63) is 23.8 Å². The summed E-state index contributed by atoms with van der Waals surface area (Å²) in [6.45, 7) is 5.20. The minimum atomic E-state index is -0.983. The number of hydrogen-bond acceptors (Lipinski definition) is 5. The quantitative estimate of drug-likeness (QED) is 0.675. The Bertz CT molecular complexity index is 667. The van der Waals surface area contributed by atoms with E-state index in [-0.39, 0.29) is 18.4 Å². The van der Waals surface area contributed by atoms with Crippen molar-refractivity contribution in [3.8, 4) is 11.5 Å². The van der Waals surface area contributed by atoms with E-state index in [1.165, 1.54) is 33.1 Å². The number of carbonyl (C=O) groups excluding carboxylic acids is 2. The summed E-state index contributed by atoms with van der Waals surface area (Å²) in [5.41, 5.74) is 0.297. The van der Waals surface area contributed by atoms with E-state index in [0.717, 1.165) is 0 Å². The molecule has 1 aromatic carbocycles. The largest absolute Gasteiger partial charge is 0.497 e. The number of aliphatic carboxylic acids is 1. The Morgan fingerprint density at radius 2 is 1.59 bits per heavy atom. The fourth-order valence-corrected chi connectivity index (χ4v) is 2.49. The zero-order chi connectivity index (χ0) is 20.7. The van der Waals surface area contributed by atoms with Gasteiger partial charge in [0.25, 0.3) is 5.91 Å². The molecule has 2 N–H and O–H groups in total. The predicted octanol–water partition coefficient (Wildman–Crippen LogP) is 1.64. The number of rotatable bonds is 9. The van der Waals surface area contributed by atoms with E-state index in [9.17, 15) is 14.4 Å². The van der Waals surface area contributed by atoms with Crippen molar-refractivity contribution < 1.29 is 29.0 Å². The topological polar surface area (TPSA) is 105 Å². The Balaban J connectivity index is 2.98. The summed E-state index contributed by atoms with van der Waals surface area (Å²) < 4.78 is 10.3. The Hall–Kier alpha value is -2.77. The lowest BCUT2D eigenvalue weighted by molar-refractivity contribution is -0.143. The maximum atomic E-state index is 12.7. The van der Waals surface area contributed by atoms with Crippen LogP contribution in [0.2, 0.25) is 0 Å². The van der Waals surface area contributed by atoms with Crippen LogP contribution < -0.4 is 14.8 Å². The zero-order valence-corrected chi connectivity index (χ0v) is 16.6. The highest BCUT2D eigenvalue weighted by molar-refractivity contribution is 5.98. The maximum Gasteiger partial charge on any atom is 0.308 e. The number of likely N-dealkylation sites (N-methyl/N-ethyl adjacent to an activating group) is 1. The summed E-state index contributed by atoms with van der Waals surface area (Å²) in [7, 11) is 4.49. The minimum Gasteiger partial charge on any atom is -0.497 e. The van der Waals surface area contributed by atoms with Gasteiger partial charge in [-0.2, -0.15) is 0 Å². The summed E-state index contributed by atoms with van der Waals surface area (Å²) in [4.78, 5) is 37.7. The molecule has 2 atom stereocenters.